The molecule has 2 rings (SSSR count). The topological polar surface area (TPSA) is 51.4 Å². The summed E-state index contributed by atoms with van der Waals surface area (Å²) in [6.07, 6.45) is 3.73. The Labute approximate surface area is 126 Å². The standard InChI is InChI=1S/C15H23N3OS/c1-10-8-13(14(15(16)20)11(2)17-10)19-9-12-6-4-5-7-18(12)3/h8,12H,4-7,9H2,1-3H3,(H2,16,20). The van der Waals surface area contributed by atoms with Crippen LogP contribution in [0.25, 0.3) is 0 Å². The second-order valence-corrected chi connectivity index (χ2v) is 5.97. The molecule has 0 aliphatic carbocycles. The van der Waals surface area contributed by atoms with E-state index in [1.54, 1.807) is 0 Å². The van der Waals surface area contributed by atoms with Gasteiger partial charge in [0.05, 0.1) is 11.3 Å². The average Bonchev–Trinajstić information content (AvgIpc) is 2.36. The van der Waals surface area contributed by atoms with Crippen LogP contribution in [0.3, 0.4) is 0 Å². The summed E-state index contributed by atoms with van der Waals surface area (Å²) in [7, 11) is 2.16. The predicted molar refractivity (Wildman–Crippen MR) is 85.4 cm³/mol. The first-order valence-electron chi connectivity index (χ1n) is 7.10. The van der Waals surface area contributed by atoms with Crippen LogP contribution >= 0.6 is 12.2 Å². The summed E-state index contributed by atoms with van der Waals surface area (Å²) in [6, 6.07) is 2.39. The summed E-state index contributed by atoms with van der Waals surface area (Å²) in [5.74, 6) is 0.765. The molecule has 0 saturated carbocycles. The Kier molecular flexibility index (Phi) is 4.94. The van der Waals surface area contributed by atoms with Crippen molar-refractivity contribution in [2.24, 2.45) is 5.73 Å². The second kappa shape index (κ2) is 6.50. The molecule has 1 unspecified atom stereocenters. The zero-order valence-corrected chi connectivity index (χ0v) is 13.3. The van der Waals surface area contributed by atoms with E-state index in [0.29, 0.717) is 17.6 Å². The lowest BCUT2D eigenvalue weighted by Crippen LogP contribution is -2.40. The zero-order chi connectivity index (χ0) is 14.7. The molecule has 0 spiro atoms. The van der Waals surface area contributed by atoms with Crippen LogP contribution in [0, 0.1) is 13.8 Å². The zero-order valence-electron chi connectivity index (χ0n) is 12.5. The summed E-state index contributed by atoms with van der Waals surface area (Å²) < 4.78 is 6.02. The summed E-state index contributed by atoms with van der Waals surface area (Å²) in [6.45, 7) is 5.69. The number of likely N-dealkylation sites (N-methyl/N-ethyl adjacent to an activating group) is 1. The van der Waals surface area contributed by atoms with Gasteiger partial charge in [0.2, 0.25) is 0 Å². The van der Waals surface area contributed by atoms with Crippen LogP contribution in [0.1, 0.15) is 36.2 Å². The SMILES string of the molecule is Cc1cc(OCC2CCCCN2C)c(C(N)=S)c(C)n1. The van der Waals surface area contributed by atoms with Gasteiger partial charge in [-0.1, -0.05) is 18.6 Å². The second-order valence-electron chi connectivity index (χ2n) is 5.53. The van der Waals surface area contributed by atoms with Gasteiger partial charge in [-0.3, -0.25) is 4.98 Å². The number of hydrogen-bond acceptors (Lipinski definition) is 4. The highest BCUT2D eigenvalue weighted by atomic mass is 32.1. The number of thiocarbonyl (C=S) groups is 1. The third kappa shape index (κ3) is 3.46. The van der Waals surface area contributed by atoms with Crippen molar-refractivity contribution in [1.29, 1.82) is 0 Å². The lowest BCUT2D eigenvalue weighted by molar-refractivity contribution is 0.125. The molecule has 4 nitrogen and oxygen atoms in total. The molecule has 20 heavy (non-hydrogen) atoms. The lowest BCUT2D eigenvalue weighted by Gasteiger charge is -2.32. The molecule has 1 atom stereocenters. The van der Waals surface area contributed by atoms with Crippen molar-refractivity contribution in [2.75, 3.05) is 20.2 Å². The number of nitrogens with two attached hydrogens (primary N) is 1. The molecule has 0 bridgehead atoms. The van der Waals surface area contributed by atoms with Crippen molar-refractivity contribution < 1.29 is 4.74 Å². The van der Waals surface area contributed by atoms with Gasteiger partial charge < -0.3 is 15.4 Å². The fourth-order valence-corrected chi connectivity index (χ4v) is 3.00. The van der Waals surface area contributed by atoms with Crippen LogP contribution in [0.2, 0.25) is 0 Å². The molecular weight excluding hydrogens is 270 g/mol. The summed E-state index contributed by atoms with van der Waals surface area (Å²) in [5.41, 5.74) is 8.33. The molecule has 1 aliphatic heterocycles. The van der Waals surface area contributed by atoms with Crippen molar-refractivity contribution in [2.45, 2.75) is 39.2 Å². The van der Waals surface area contributed by atoms with Crippen molar-refractivity contribution in [1.82, 2.24) is 9.88 Å². The van der Waals surface area contributed by atoms with Gasteiger partial charge >= 0.3 is 0 Å². The molecule has 0 radical (unpaired) electrons. The van der Waals surface area contributed by atoms with Crippen LogP contribution in [0.15, 0.2) is 6.07 Å². The third-order valence-electron chi connectivity index (χ3n) is 3.89. The minimum atomic E-state index is 0.349. The van der Waals surface area contributed by atoms with Crippen LogP contribution in [0.5, 0.6) is 5.75 Å². The molecule has 1 aromatic heterocycles. The molecule has 1 fully saturated rings. The van der Waals surface area contributed by atoms with Gasteiger partial charge in [-0.2, -0.15) is 0 Å². The Bertz CT molecular complexity index is 504. The van der Waals surface area contributed by atoms with Crippen molar-refractivity contribution >= 4 is 17.2 Å². The number of hydrogen-bond donors (Lipinski definition) is 1. The molecule has 2 N–H and O–H groups in total. The van der Waals surface area contributed by atoms with Gasteiger partial charge in [0.1, 0.15) is 17.3 Å². The molecule has 1 aromatic rings. The van der Waals surface area contributed by atoms with Crippen LogP contribution in [0.4, 0.5) is 0 Å². The molecular formula is C15H23N3OS. The first-order valence-corrected chi connectivity index (χ1v) is 7.51. The van der Waals surface area contributed by atoms with Crippen LogP contribution in [-0.4, -0.2) is 41.1 Å². The van der Waals surface area contributed by atoms with E-state index in [-0.39, 0.29) is 0 Å². The van der Waals surface area contributed by atoms with E-state index in [0.717, 1.165) is 29.2 Å². The smallest absolute Gasteiger partial charge is 0.133 e. The molecule has 5 heteroatoms. The van der Waals surface area contributed by atoms with E-state index < -0.39 is 0 Å². The van der Waals surface area contributed by atoms with Gasteiger partial charge in [0.25, 0.3) is 0 Å². The average molecular weight is 293 g/mol. The monoisotopic (exact) mass is 293 g/mol. The number of likely N-dealkylation sites (tertiary alicyclic amines) is 1. The Hall–Kier alpha value is -1.20. The Morgan fingerprint density at radius 3 is 2.90 bits per heavy atom. The van der Waals surface area contributed by atoms with Crippen molar-refractivity contribution in [3.05, 3.63) is 23.0 Å². The Morgan fingerprint density at radius 2 is 2.25 bits per heavy atom. The van der Waals surface area contributed by atoms with E-state index in [2.05, 4.69) is 16.9 Å². The number of nitrogens with zero attached hydrogens (tertiary/aromatic N) is 2. The lowest BCUT2D eigenvalue weighted by atomic mass is 10.0. The molecule has 1 aliphatic rings. The minimum absolute atomic E-state index is 0.349. The first-order chi connectivity index (χ1) is 9.49. The van der Waals surface area contributed by atoms with Gasteiger partial charge in [-0.15, -0.1) is 0 Å². The minimum Gasteiger partial charge on any atom is -0.491 e. The first kappa shape index (κ1) is 15.2. The number of aromatic nitrogens is 1. The molecule has 2 heterocycles. The van der Waals surface area contributed by atoms with Gasteiger partial charge in [-0.05, 0) is 40.3 Å². The highest BCUT2D eigenvalue weighted by Gasteiger charge is 2.20. The number of ether oxygens (including phenoxy) is 1. The number of piperidine rings is 1. The van der Waals surface area contributed by atoms with Gasteiger partial charge in [-0.25, -0.2) is 0 Å². The quantitative estimate of drug-likeness (QED) is 0.863. The maximum absolute atomic E-state index is 6.02. The van der Waals surface area contributed by atoms with Crippen LogP contribution in [-0.2, 0) is 0 Å². The largest absolute Gasteiger partial charge is 0.491 e. The van der Waals surface area contributed by atoms with E-state index in [9.17, 15) is 0 Å². The fourth-order valence-electron chi connectivity index (χ4n) is 2.75. The number of rotatable bonds is 4. The van der Waals surface area contributed by atoms with Gasteiger partial charge in [0.15, 0.2) is 0 Å². The fraction of sp³-hybridized carbons (Fsp3) is 0.600. The maximum Gasteiger partial charge on any atom is 0.133 e. The molecule has 1 saturated heterocycles. The van der Waals surface area contributed by atoms with Crippen molar-refractivity contribution in [3.63, 3.8) is 0 Å². The highest BCUT2D eigenvalue weighted by molar-refractivity contribution is 7.80. The van der Waals surface area contributed by atoms with E-state index in [4.69, 9.17) is 22.7 Å². The molecule has 110 valence electrons. The van der Waals surface area contributed by atoms with E-state index >= 15 is 0 Å². The van der Waals surface area contributed by atoms with Crippen molar-refractivity contribution in [3.8, 4) is 5.75 Å². The Balaban J connectivity index is 2.14. The normalized spacial score (nSPS) is 19.9. The van der Waals surface area contributed by atoms with E-state index in [1.165, 1.54) is 19.3 Å². The maximum atomic E-state index is 6.02. The summed E-state index contributed by atoms with van der Waals surface area (Å²) in [5, 5.41) is 0. The number of pyridine rings is 1. The Morgan fingerprint density at radius 1 is 1.50 bits per heavy atom. The van der Waals surface area contributed by atoms with Gasteiger partial charge in [0, 0.05) is 17.8 Å². The summed E-state index contributed by atoms with van der Waals surface area (Å²) >= 11 is 5.12. The van der Waals surface area contributed by atoms with Crippen LogP contribution < -0.4 is 10.5 Å². The third-order valence-corrected chi connectivity index (χ3v) is 4.10. The van der Waals surface area contributed by atoms with E-state index in [1.807, 2.05) is 19.9 Å². The summed E-state index contributed by atoms with van der Waals surface area (Å²) in [4.78, 5) is 7.12. The predicted octanol–water partition coefficient (Wildman–Crippen LogP) is 2.20. The number of aryl methyl sites for hydroxylation is 2. The highest BCUT2D eigenvalue weighted by Crippen LogP contribution is 2.24. The molecule has 0 aromatic carbocycles. The molecule has 0 amide bonds.